The SMILES string of the molecule is COc1ccc(CN(Cc2ccc(OC)cc2)S(=O)(=O)c2c(S(=O)(=O)C3CN(C(=O)O)C3)ccc(-c3cccn(CC(N)=O)/c3=N\S(=O)(=O)c3ccc(C)cc3)c2-c2nnnn2Cc2ccc(OC)cc2)cc1. The molecule has 8 rings (SSSR count). The largest absolute Gasteiger partial charge is 0.497 e. The number of amides is 2. The van der Waals surface area contributed by atoms with Gasteiger partial charge in [-0.1, -0.05) is 60.2 Å². The molecule has 0 unspecified atom stereocenters. The maximum Gasteiger partial charge on any atom is 0.407 e. The molecule has 0 spiro atoms. The first kappa shape index (κ1) is 51.4. The minimum atomic E-state index is -5.19. The lowest BCUT2D eigenvalue weighted by Gasteiger charge is -2.37. The van der Waals surface area contributed by atoms with Crippen LogP contribution in [0, 0.1) is 6.92 Å². The van der Waals surface area contributed by atoms with Crippen molar-refractivity contribution in [2.75, 3.05) is 34.4 Å². The van der Waals surface area contributed by atoms with Crippen molar-refractivity contribution in [3.05, 3.63) is 155 Å². The predicted octanol–water partition coefficient (Wildman–Crippen LogP) is 4.49. The summed E-state index contributed by atoms with van der Waals surface area (Å²) in [6.07, 6.45) is -0.0128. The fourth-order valence-corrected chi connectivity index (χ4v) is 13.2. The average molecular weight is 1050 g/mol. The number of hydrogen-bond donors (Lipinski definition) is 2. The molecule has 0 aliphatic carbocycles. The Labute approximate surface area is 420 Å². The van der Waals surface area contributed by atoms with Crippen molar-refractivity contribution in [2.24, 2.45) is 10.1 Å². The summed E-state index contributed by atoms with van der Waals surface area (Å²) in [5.74, 6) is 0.333. The van der Waals surface area contributed by atoms with Gasteiger partial charge in [-0.3, -0.25) is 4.79 Å². The Morgan fingerprint density at radius 3 is 1.81 bits per heavy atom. The number of nitrogens with zero attached hydrogens (tertiary/aromatic N) is 8. The van der Waals surface area contributed by atoms with Gasteiger partial charge in [-0.25, -0.2) is 26.3 Å². The lowest BCUT2D eigenvalue weighted by atomic mass is 9.99. The standard InChI is InChI=1S/C49H49N9O12S3/c1-32-7-21-39(22-8-32)72(64,65)52-47-42(6-5-25-55(47)31-44(50)59)41-23-24-43(71(62,63)40-29-56(30-40)49(60)61)46(45(41)48-51-53-54-58(48)28-35-13-19-38(70-4)20-14-35)73(66,67)57(26-33-9-15-36(68-2)16-10-33)27-34-11-17-37(69-3)18-12-34/h5-25,40H,26-31H2,1-4H3,(H2,50,59)(H,60,61)/b52-47-. The minimum Gasteiger partial charge on any atom is -0.497 e. The first-order valence-corrected chi connectivity index (χ1v) is 26.7. The molecule has 21 nitrogen and oxygen atoms in total. The average Bonchev–Trinajstić information content (AvgIpc) is 3.81. The number of tetrazole rings is 1. The molecule has 380 valence electrons. The Bertz CT molecular complexity index is 3550. The van der Waals surface area contributed by atoms with Crippen molar-refractivity contribution in [2.45, 2.75) is 53.0 Å². The Morgan fingerprint density at radius 2 is 1.29 bits per heavy atom. The molecule has 3 heterocycles. The number of sulfone groups is 1. The third-order valence-electron chi connectivity index (χ3n) is 12.0. The van der Waals surface area contributed by atoms with E-state index in [1.54, 1.807) is 91.9 Å². The number of benzene rings is 5. The summed E-state index contributed by atoms with van der Waals surface area (Å²) in [5.41, 5.74) is 7.00. The number of aryl methyl sites for hydroxylation is 1. The molecule has 2 amide bonds. The van der Waals surface area contributed by atoms with Crippen LogP contribution in [0.3, 0.4) is 0 Å². The molecule has 1 aliphatic rings. The molecule has 24 heteroatoms. The number of rotatable bonds is 19. The van der Waals surface area contributed by atoms with E-state index in [2.05, 4.69) is 19.9 Å². The molecular formula is C49H49N9O12S3. The number of primary amides is 1. The van der Waals surface area contributed by atoms with Crippen LogP contribution in [0.15, 0.2) is 147 Å². The van der Waals surface area contributed by atoms with Crippen molar-refractivity contribution < 1.29 is 54.2 Å². The van der Waals surface area contributed by atoms with E-state index in [1.807, 2.05) is 0 Å². The molecule has 1 saturated heterocycles. The van der Waals surface area contributed by atoms with Crippen molar-refractivity contribution in [1.29, 1.82) is 0 Å². The second kappa shape index (κ2) is 21.0. The number of pyridine rings is 1. The van der Waals surface area contributed by atoms with Gasteiger partial charge >= 0.3 is 6.09 Å². The Kier molecular flexibility index (Phi) is 14.8. The van der Waals surface area contributed by atoms with Crippen molar-refractivity contribution in [3.8, 4) is 39.8 Å². The second-order valence-electron chi connectivity index (χ2n) is 16.9. The number of likely N-dealkylation sites (tertiary alicyclic amines) is 1. The number of carbonyl (C=O) groups excluding carboxylic acids is 1. The van der Waals surface area contributed by atoms with Crippen molar-refractivity contribution in [3.63, 3.8) is 0 Å². The third-order valence-corrected chi connectivity index (χ3v) is 17.5. The van der Waals surface area contributed by atoms with Crippen LogP contribution in [0.4, 0.5) is 4.79 Å². The van der Waals surface area contributed by atoms with Crippen LogP contribution in [-0.2, 0) is 60.9 Å². The van der Waals surface area contributed by atoms with Gasteiger partial charge in [0.05, 0.1) is 43.2 Å². The summed E-state index contributed by atoms with van der Waals surface area (Å²) in [5, 5.41) is 21.0. The quantitative estimate of drug-likeness (QED) is 0.113. The van der Waals surface area contributed by atoms with E-state index in [0.717, 1.165) is 20.8 Å². The number of carbonyl (C=O) groups is 2. The van der Waals surface area contributed by atoms with Gasteiger partial charge in [0.25, 0.3) is 10.0 Å². The highest BCUT2D eigenvalue weighted by molar-refractivity contribution is 7.94. The molecular weight excluding hydrogens is 1000 g/mol. The molecule has 0 atom stereocenters. The first-order valence-electron chi connectivity index (χ1n) is 22.2. The highest BCUT2D eigenvalue weighted by Crippen LogP contribution is 2.43. The topological polar surface area (TPSA) is 278 Å². The number of nitrogens with two attached hydrogens (primary N) is 1. The first-order chi connectivity index (χ1) is 34.8. The van der Waals surface area contributed by atoms with Gasteiger partial charge < -0.3 is 34.5 Å². The zero-order valence-corrected chi connectivity index (χ0v) is 42.2. The number of methoxy groups -OCH3 is 3. The molecule has 1 fully saturated rings. The predicted molar refractivity (Wildman–Crippen MR) is 265 cm³/mol. The molecule has 0 radical (unpaired) electrons. The Morgan fingerprint density at radius 1 is 0.740 bits per heavy atom. The summed E-state index contributed by atoms with van der Waals surface area (Å²) in [7, 11) is -10.2. The van der Waals surface area contributed by atoms with Crippen LogP contribution in [0.2, 0.25) is 0 Å². The van der Waals surface area contributed by atoms with E-state index >= 15 is 16.8 Å². The van der Waals surface area contributed by atoms with Gasteiger partial charge in [0, 0.05) is 37.9 Å². The maximum atomic E-state index is 16.4. The number of aromatic nitrogens is 5. The van der Waals surface area contributed by atoms with Gasteiger partial charge in [-0.15, -0.1) is 9.50 Å². The summed E-state index contributed by atoms with van der Waals surface area (Å²) >= 11 is 0. The fraction of sp³-hybridized carbons (Fsp3) is 0.224. The van der Waals surface area contributed by atoms with Crippen molar-refractivity contribution in [1.82, 2.24) is 34.0 Å². The van der Waals surface area contributed by atoms with Crippen LogP contribution in [0.5, 0.6) is 17.2 Å². The van der Waals surface area contributed by atoms with Gasteiger partial charge in [0.2, 0.25) is 15.9 Å². The summed E-state index contributed by atoms with van der Waals surface area (Å²) in [6.45, 7) is -0.577. The number of carboxylic acid groups (broad SMARTS) is 1. The molecule has 73 heavy (non-hydrogen) atoms. The molecule has 5 aromatic carbocycles. The minimum absolute atomic E-state index is 0.105. The van der Waals surface area contributed by atoms with Crippen LogP contribution >= 0.6 is 0 Å². The zero-order valence-electron chi connectivity index (χ0n) is 39.8. The van der Waals surface area contributed by atoms with Gasteiger partial charge in [0.1, 0.15) is 33.9 Å². The fourth-order valence-electron chi connectivity index (χ4n) is 8.11. The molecule has 0 bridgehead atoms. The Hall–Kier alpha value is -7.93. The van der Waals surface area contributed by atoms with Gasteiger partial charge in [-0.2, -0.15) is 12.7 Å². The van der Waals surface area contributed by atoms with Crippen LogP contribution in [0.1, 0.15) is 22.3 Å². The molecule has 2 aromatic heterocycles. The van der Waals surface area contributed by atoms with E-state index in [4.69, 9.17) is 19.9 Å². The molecule has 7 aromatic rings. The van der Waals surface area contributed by atoms with Crippen LogP contribution in [-0.4, -0.2) is 116 Å². The second-order valence-corrected chi connectivity index (χ2v) is 22.5. The van der Waals surface area contributed by atoms with Crippen LogP contribution < -0.4 is 25.4 Å². The normalized spacial score (nSPS) is 13.4. The van der Waals surface area contributed by atoms with E-state index in [-0.39, 0.29) is 47.0 Å². The molecule has 1 aliphatic heterocycles. The summed E-state index contributed by atoms with van der Waals surface area (Å²) < 4.78 is 116. The number of hydrogen-bond acceptors (Lipinski definition) is 14. The number of sulfonamides is 2. The van der Waals surface area contributed by atoms with E-state index < -0.39 is 82.1 Å². The van der Waals surface area contributed by atoms with Crippen molar-refractivity contribution >= 4 is 41.9 Å². The van der Waals surface area contributed by atoms with Gasteiger partial charge in [0.15, 0.2) is 21.1 Å². The van der Waals surface area contributed by atoms with Gasteiger partial charge in [-0.05, 0) is 106 Å². The highest BCUT2D eigenvalue weighted by atomic mass is 32.2. The van der Waals surface area contributed by atoms with Crippen LogP contribution in [0.25, 0.3) is 22.5 Å². The van der Waals surface area contributed by atoms with E-state index in [9.17, 15) is 23.1 Å². The molecule has 0 saturated carbocycles. The molecule has 3 N–H and O–H groups in total. The number of ether oxygens (including phenoxy) is 3. The monoisotopic (exact) mass is 1050 g/mol. The lowest BCUT2D eigenvalue weighted by Crippen LogP contribution is -2.56. The van der Waals surface area contributed by atoms with E-state index in [0.29, 0.717) is 33.9 Å². The maximum absolute atomic E-state index is 16.4. The summed E-state index contributed by atoms with van der Waals surface area (Å²) in [6, 6.07) is 31.0. The summed E-state index contributed by atoms with van der Waals surface area (Å²) in [4.78, 5) is 23.8. The van der Waals surface area contributed by atoms with E-state index in [1.165, 1.54) is 67.1 Å². The zero-order chi connectivity index (χ0) is 52.2. The smallest absolute Gasteiger partial charge is 0.407 e. The highest BCUT2D eigenvalue weighted by Gasteiger charge is 2.45. The lowest BCUT2D eigenvalue weighted by molar-refractivity contribution is -0.118. The Balaban J connectivity index is 1.49. The third kappa shape index (κ3) is 11.0.